The Morgan fingerprint density at radius 2 is 1.57 bits per heavy atom. The molecular formula is C18H33N3O2. The van der Waals surface area contributed by atoms with Crippen molar-refractivity contribution in [2.75, 3.05) is 59.0 Å². The normalized spacial score (nSPS) is 36.4. The van der Waals surface area contributed by atoms with Gasteiger partial charge in [0.1, 0.15) is 5.60 Å². The summed E-state index contributed by atoms with van der Waals surface area (Å²) >= 11 is 0. The van der Waals surface area contributed by atoms with Crippen LogP contribution in [0.15, 0.2) is 0 Å². The van der Waals surface area contributed by atoms with Gasteiger partial charge in [-0.1, -0.05) is 19.3 Å². The highest BCUT2D eigenvalue weighted by molar-refractivity contribution is 4.96. The molecule has 1 saturated carbocycles. The van der Waals surface area contributed by atoms with Crippen molar-refractivity contribution in [2.45, 2.75) is 56.2 Å². The van der Waals surface area contributed by atoms with E-state index in [1.807, 2.05) is 0 Å². The van der Waals surface area contributed by atoms with Gasteiger partial charge in [0.15, 0.2) is 0 Å². The maximum absolute atomic E-state index is 10.4. The fraction of sp³-hybridized carbons (Fsp3) is 1.00. The number of hydrogen-bond acceptors (Lipinski definition) is 5. The van der Waals surface area contributed by atoms with Crippen LogP contribution < -0.4 is 0 Å². The second kappa shape index (κ2) is 6.96. The molecule has 5 nitrogen and oxygen atoms in total. The lowest BCUT2D eigenvalue weighted by Gasteiger charge is -2.50. The Hall–Kier alpha value is -0.200. The fourth-order valence-corrected chi connectivity index (χ4v) is 4.95. The standard InChI is InChI=1S/C18H33N3O2/c22-18(6-11-23-15-18)14-19-12-17(13-19)21-9-7-20(8-10-21)16-4-2-1-3-5-16/h16-17,22H,1-15H2. The van der Waals surface area contributed by atoms with Gasteiger partial charge in [-0.2, -0.15) is 0 Å². The maximum atomic E-state index is 10.4. The van der Waals surface area contributed by atoms with Crippen molar-refractivity contribution in [2.24, 2.45) is 0 Å². The zero-order chi connectivity index (χ0) is 15.7. The third kappa shape index (κ3) is 3.74. The van der Waals surface area contributed by atoms with E-state index in [1.165, 1.54) is 58.3 Å². The van der Waals surface area contributed by atoms with E-state index in [9.17, 15) is 5.11 Å². The predicted octanol–water partition coefficient (Wildman–Crippen LogP) is 0.772. The summed E-state index contributed by atoms with van der Waals surface area (Å²) in [5, 5.41) is 10.4. The molecule has 0 aromatic heterocycles. The minimum absolute atomic E-state index is 0.522. The summed E-state index contributed by atoms with van der Waals surface area (Å²) in [6, 6.07) is 1.59. The van der Waals surface area contributed by atoms with Crippen LogP contribution in [0.1, 0.15) is 38.5 Å². The Morgan fingerprint density at radius 3 is 2.17 bits per heavy atom. The highest BCUT2D eigenvalue weighted by atomic mass is 16.5. The number of β-amino-alcohol motifs (C(OH)–C–C–N with tert-alkyl or cyclic N) is 1. The van der Waals surface area contributed by atoms with Crippen LogP contribution in [0.3, 0.4) is 0 Å². The van der Waals surface area contributed by atoms with E-state index in [1.54, 1.807) is 0 Å². The van der Waals surface area contributed by atoms with E-state index in [2.05, 4.69) is 14.7 Å². The molecule has 4 fully saturated rings. The van der Waals surface area contributed by atoms with Crippen LogP contribution in [0, 0.1) is 0 Å². The van der Waals surface area contributed by atoms with Crippen LogP contribution in [-0.4, -0.2) is 96.5 Å². The minimum atomic E-state index is -0.579. The summed E-state index contributed by atoms with van der Waals surface area (Å²) in [6.45, 7) is 9.30. The first kappa shape index (κ1) is 16.3. The van der Waals surface area contributed by atoms with Crippen molar-refractivity contribution >= 4 is 0 Å². The molecule has 23 heavy (non-hydrogen) atoms. The quantitative estimate of drug-likeness (QED) is 0.827. The first-order valence-electron chi connectivity index (χ1n) is 9.72. The van der Waals surface area contributed by atoms with Gasteiger partial charge in [-0.3, -0.25) is 14.7 Å². The molecule has 1 unspecified atom stereocenters. The van der Waals surface area contributed by atoms with Crippen molar-refractivity contribution in [3.63, 3.8) is 0 Å². The highest BCUT2D eigenvalue weighted by Gasteiger charge is 2.40. The third-order valence-electron chi connectivity index (χ3n) is 6.49. The van der Waals surface area contributed by atoms with E-state index < -0.39 is 5.60 Å². The molecule has 1 atom stereocenters. The number of ether oxygens (including phenoxy) is 1. The Labute approximate surface area is 140 Å². The molecule has 3 heterocycles. The Kier molecular flexibility index (Phi) is 4.93. The van der Waals surface area contributed by atoms with Gasteiger partial charge < -0.3 is 9.84 Å². The van der Waals surface area contributed by atoms with E-state index in [-0.39, 0.29) is 0 Å². The van der Waals surface area contributed by atoms with Crippen LogP contribution in [0.2, 0.25) is 0 Å². The highest BCUT2D eigenvalue weighted by Crippen LogP contribution is 2.26. The van der Waals surface area contributed by atoms with E-state index in [0.29, 0.717) is 6.61 Å². The summed E-state index contributed by atoms with van der Waals surface area (Å²) in [7, 11) is 0. The van der Waals surface area contributed by atoms with E-state index in [0.717, 1.165) is 44.7 Å². The number of rotatable bonds is 4. The molecular weight excluding hydrogens is 290 g/mol. The van der Waals surface area contributed by atoms with Crippen molar-refractivity contribution in [3.8, 4) is 0 Å². The molecule has 1 N–H and O–H groups in total. The lowest BCUT2D eigenvalue weighted by Crippen LogP contribution is -2.65. The Balaban J connectivity index is 1.17. The molecule has 0 amide bonds. The lowest BCUT2D eigenvalue weighted by molar-refractivity contribution is -0.0575. The van der Waals surface area contributed by atoms with E-state index >= 15 is 0 Å². The molecule has 0 radical (unpaired) electrons. The molecule has 5 heteroatoms. The van der Waals surface area contributed by atoms with Gasteiger partial charge in [0.05, 0.1) is 6.61 Å². The second-order valence-corrected chi connectivity index (χ2v) is 8.24. The van der Waals surface area contributed by atoms with Crippen molar-refractivity contribution < 1.29 is 9.84 Å². The molecule has 0 bridgehead atoms. The molecule has 0 spiro atoms. The summed E-state index contributed by atoms with van der Waals surface area (Å²) < 4.78 is 5.35. The first-order chi connectivity index (χ1) is 11.2. The molecule has 0 aromatic carbocycles. The molecule has 3 saturated heterocycles. The smallest absolute Gasteiger partial charge is 0.103 e. The summed E-state index contributed by atoms with van der Waals surface area (Å²) in [5.74, 6) is 0. The molecule has 0 aromatic rings. The topological polar surface area (TPSA) is 39.2 Å². The van der Waals surface area contributed by atoms with Crippen LogP contribution in [0.5, 0.6) is 0 Å². The number of piperazine rings is 1. The minimum Gasteiger partial charge on any atom is -0.386 e. The maximum Gasteiger partial charge on any atom is 0.103 e. The fourth-order valence-electron chi connectivity index (χ4n) is 4.95. The lowest BCUT2D eigenvalue weighted by atomic mass is 9.93. The van der Waals surface area contributed by atoms with Crippen LogP contribution >= 0.6 is 0 Å². The predicted molar refractivity (Wildman–Crippen MR) is 90.6 cm³/mol. The molecule has 3 aliphatic heterocycles. The van der Waals surface area contributed by atoms with Crippen molar-refractivity contribution in [3.05, 3.63) is 0 Å². The zero-order valence-electron chi connectivity index (χ0n) is 14.5. The second-order valence-electron chi connectivity index (χ2n) is 8.24. The molecule has 4 aliphatic rings. The van der Waals surface area contributed by atoms with Gasteiger partial charge in [-0.25, -0.2) is 0 Å². The van der Waals surface area contributed by atoms with Gasteiger partial charge >= 0.3 is 0 Å². The van der Waals surface area contributed by atoms with E-state index in [4.69, 9.17) is 4.74 Å². The third-order valence-corrected chi connectivity index (χ3v) is 6.49. The number of hydrogen-bond donors (Lipinski definition) is 1. The molecule has 132 valence electrons. The van der Waals surface area contributed by atoms with Gasteiger partial charge in [-0.05, 0) is 12.8 Å². The first-order valence-corrected chi connectivity index (χ1v) is 9.72. The summed E-state index contributed by atoms with van der Waals surface area (Å²) in [6.07, 6.45) is 7.99. The molecule has 1 aliphatic carbocycles. The van der Waals surface area contributed by atoms with Gasteiger partial charge in [-0.15, -0.1) is 0 Å². The van der Waals surface area contributed by atoms with Gasteiger partial charge in [0.25, 0.3) is 0 Å². The SMILES string of the molecule is OC1(CN2CC(N3CCN(C4CCCCC4)CC3)C2)CCOC1. The number of aliphatic hydroxyl groups is 1. The number of likely N-dealkylation sites (tertiary alicyclic amines) is 1. The van der Waals surface area contributed by atoms with Crippen LogP contribution in [0.25, 0.3) is 0 Å². The average molecular weight is 323 g/mol. The van der Waals surface area contributed by atoms with Crippen LogP contribution in [0.4, 0.5) is 0 Å². The Morgan fingerprint density at radius 1 is 0.913 bits per heavy atom. The van der Waals surface area contributed by atoms with Crippen molar-refractivity contribution in [1.29, 1.82) is 0 Å². The number of nitrogens with zero attached hydrogens (tertiary/aromatic N) is 3. The monoisotopic (exact) mass is 323 g/mol. The zero-order valence-corrected chi connectivity index (χ0v) is 14.5. The van der Waals surface area contributed by atoms with Crippen molar-refractivity contribution in [1.82, 2.24) is 14.7 Å². The Bertz CT molecular complexity index is 380. The van der Waals surface area contributed by atoms with Crippen LogP contribution in [-0.2, 0) is 4.74 Å². The largest absolute Gasteiger partial charge is 0.386 e. The van der Waals surface area contributed by atoms with Gasteiger partial charge in [0, 0.05) is 70.9 Å². The molecule has 4 rings (SSSR count). The van der Waals surface area contributed by atoms with Gasteiger partial charge in [0.2, 0.25) is 0 Å². The summed E-state index contributed by atoms with van der Waals surface area (Å²) in [4.78, 5) is 7.85. The summed E-state index contributed by atoms with van der Waals surface area (Å²) in [5.41, 5.74) is -0.579. The average Bonchev–Trinajstić information content (AvgIpc) is 2.98.